The van der Waals surface area contributed by atoms with Gasteiger partial charge in [-0.25, -0.2) is 0 Å². The van der Waals surface area contributed by atoms with E-state index in [0.717, 1.165) is 32.0 Å². The highest BCUT2D eigenvalue weighted by atomic mass is 16.4. The second-order valence-corrected chi connectivity index (χ2v) is 8.20. The third-order valence-corrected chi connectivity index (χ3v) is 6.29. The normalized spacial score (nSPS) is 31.5. The smallest absolute Gasteiger partial charge is 0.303 e. The summed E-state index contributed by atoms with van der Waals surface area (Å²) < 4.78 is 0. The number of nitrogens with zero attached hydrogens (tertiary/aromatic N) is 1. The zero-order valence-electron chi connectivity index (χ0n) is 14.5. The van der Waals surface area contributed by atoms with E-state index >= 15 is 0 Å². The van der Waals surface area contributed by atoms with Crippen LogP contribution in [0, 0.1) is 11.8 Å². The van der Waals surface area contributed by atoms with E-state index in [4.69, 9.17) is 0 Å². The molecule has 0 amide bonds. The molecule has 0 spiro atoms. The predicted molar refractivity (Wildman–Crippen MR) is 92.6 cm³/mol. The molecular weight excluding hydrogens is 288 g/mol. The van der Waals surface area contributed by atoms with Crippen molar-refractivity contribution in [2.75, 3.05) is 19.6 Å². The lowest BCUT2D eigenvalue weighted by Gasteiger charge is -2.41. The third-order valence-electron chi connectivity index (χ3n) is 6.29. The standard InChI is InChI=1S/C19H34N2O2/c22-19(23)11-16-10-17(20-12-15-6-2-1-3-7-15)14-21(13-16)18-8-4-5-9-18/h15-18,20H,1-14H2,(H,22,23). The van der Waals surface area contributed by atoms with E-state index in [9.17, 15) is 9.90 Å². The second-order valence-electron chi connectivity index (χ2n) is 8.20. The summed E-state index contributed by atoms with van der Waals surface area (Å²) in [6.45, 7) is 3.27. The summed E-state index contributed by atoms with van der Waals surface area (Å²) in [5.41, 5.74) is 0. The predicted octanol–water partition coefficient (Wildman–Crippen LogP) is 3.26. The number of rotatable bonds is 6. The van der Waals surface area contributed by atoms with Crippen LogP contribution < -0.4 is 5.32 Å². The SMILES string of the molecule is O=C(O)CC1CC(NCC2CCCCC2)CN(C2CCCC2)C1. The molecule has 0 aromatic heterocycles. The Balaban J connectivity index is 1.52. The van der Waals surface area contributed by atoms with Crippen LogP contribution in [-0.4, -0.2) is 47.7 Å². The van der Waals surface area contributed by atoms with Gasteiger partial charge in [0.1, 0.15) is 0 Å². The average molecular weight is 322 g/mol. The molecule has 0 aromatic carbocycles. The fraction of sp³-hybridized carbons (Fsp3) is 0.947. The van der Waals surface area contributed by atoms with Gasteiger partial charge in [-0.1, -0.05) is 32.1 Å². The van der Waals surface area contributed by atoms with E-state index in [-0.39, 0.29) is 0 Å². The van der Waals surface area contributed by atoms with E-state index < -0.39 is 5.97 Å². The van der Waals surface area contributed by atoms with E-state index in [2.05, 4.69) is 10.2 Å². The molecule has 4 nitrogen and oxygen atoms in total. The minimum Gasteiger partial charge on any atom is -0.481 e. The van der Waals surface area contributed by atoms with Gasteiger partial charge < -0.3 is 10.4 Å². The molecule has 1 heterocycles. The average Bonchev–Trinajstić information content (AvgIpc) is 3.08. The lowest BCUT2D eigenvalue weighted by Crippen LogP contribution is -2.53. The molecule has 132 valence electrons. The van der Waals surface area contributed by atoms with Crippen LogP contribution in [0.2, 0.25) is 0 Å². The van der Waals surface area contributed by atoms with Gasteiger partial charge in [0.05, 0.1) is 0 Å². The molecule has 3 aliphatic rings. The maximum atomic E-state index is 11.2. The first kappa shape index (κ1) is 17.2. The van der Waals surface area contributed by atoms with Crippen LogP contribution in [0.1, 0.15) is 70.6 Å². The largest absolute Gasteiger partial charge is 0.481 e. The Morgan fingerprint density at radius 3 is 2.35 bits per heavy atom. The molecule has 2 atom stereocenters. The van der Waals surface area contributed by atoms with Crippen LogP contribution in [0.5, 0.6) is 0 Å². The molecule has 1 aliphatic heterocycles. The number of hydrogen-bond acceptors (Lipinski definition) is 3. The van der Waals surface area contributed by atoms with Crippen molar-refractivity contribution in [3.8, 4) is 0 Å². The number of hydrogen-bond donors (Lipinski definition) is 2. The molecule has 2 N–H and O–H groups in total. The van der Waals surface area contributed by atoms with E-state index in [0.29, 0.717) is 24.4 Å². The Bertz CT molecular complexity index is 376. The van der Waals surface area contributed by atoms with Crippen molar-refractivity contribution in [1.29, 1.82) is 0 Å². The van der Waals surface area contributed by atoms with Crippen molar-refractivity contribution in [2.45, 2.75) is 82.7 Å². The third kappa shape index (κ3) is 5.18. The number of piperidine rings is 1. The molecule has 0 aromatic rings. The summed E-state index contributed by atoms with van der Waals surface area (Å²) >= 11 is 0. The van der Waals surface area contributed by atoms with E-state index in [1.54, 1.807) is 0 Å². The van der Waals surface area contributed by atoms with Crippen LogP contribution in [0.15, 0.2) is 0 Å². The maximum Gasteiger partial charge on any atom is 0.303 e. The monoisotopic (exact) mass is 322 g/mol. The number of carbonyl (C=O) groups is 1. The quantitative estimate of drug-likeness (QED) is 0.788. The first-order chi connectivity index (χ1) is 11.2. The van der Waals surface area contributed by atoms with E-state index in [1.807, 2.05) is 0 Å². The van der Waals surface area contributed by atoms with Crippen molar-refractivity contribution in [3.63, 3.8) is 0 Å². The van der Waals surface area contributed by atoms with Crippen molar-refractivity contribution in [1.82, 2.24) is 10.2 Å². The Morgan fingerprint density at radius 2 is 1.65 bits per heavy atom. The van der Waals surface area contributed by atoms with Crippen LogP contribution in [0.3, 0.4) is 0 Å². The summed E-state index contributed by atoms with van der Waals surface area (Å²) in [7, 11) is 0. The van der Waals surface area contributed by atoms with E-state index in [1.165, 1.54) is 57.8 Å². The minimum atomic E-state index is -0.630. The number of likely N-dealkylation sites (tertiary alicyclic amines) is 1. The molecule has 23 heavy (non-hydrogen) atoms. The van der Waals surface area contributed by atoms with Gasteiger partial charge in [-0.15, -0.1) is 0 Å². The highest BCUT2D eigenvalue weighted by Crippen LogP contribution is 2.30. The Labute approximate surface area is 141 Å². The molecule has 1 saturated heterocycles. The second kappa shape index (κ2) is 8.48. The van der Waals surface area contributed by atoms with Crippen molar-refractivity contribution >= 4 is 5.97 Å². The van der Waals surface area contributed by atoms with Gasteiger partial charge in [-0.3, -0.25) is 9.69 Å². The molecule has 2 aliphatic carbocycles. The lowest BCUT2D eigenvalue weighted by molar-refractivity contribution is -0.138. The molecular formula is C19H34N2O2. The van der Waals surface area contributed by atoms with Gasteiger partial charge >= 0.3 is 5.97 Å². The zero-order valence-corrected chi connectivity index (χ0v) is 14.5. The summed E-state index contributed by atoms with van der Waals surface area (Å²) in [6.07, 6.45) is 13.7. The van der Waals surface area contributed by atoms with Gasteiger partial charge in [0.25, 0.3) is 0 Å². The van der Waals surface area contributed by atoms with Gasteiger partial charge in [-0.05, 0) is 50.5 Å². The fourth-order valence-corrected chi connectivity index (χ4v) is 5.08. The van der Waals surface area contributed by atoms with Gasteiger partial charge in [-0.2, -0.15) is 0 Å². The highest BCUT2D eigenvalue weighted by Gasteiger charge is 2.33. The molecule has 0 bridgehead atoms. The van der Waals surface area contributed by atoms with Crippen LogP contribution in [0.25, 0.3) is 0 Å². The molecule has 2 unspecified atom stereocenters. The number of aliphatic carboxylic acids is 1. The van der Waals surface area contributed by atoms with Crippen molar-refractivity contribution in [3.05, 3.63) is 0 Å². The summed E-state index contributed by atoms with van der Waals surface area (Å²) in [5, 5.41) is 13.0. The van der Waals surface area contributed by atoms with Gasteiger partial charge in [0.15, 0.2) is 0 Å². The van der Waals surface area contributed by atoms with Crippen molar-refractivity contribution in [2.24, 2.45) is 11.8 Å². The van der Waals surface area contributed by atoms with Crippen LogP contribution >= 0.6 is 0 Å². The summed E-state index contributed by atoms with van der Waals surface area (Å²) in [6, 6.07) is 1.21. The molecule has 0 radical (unpaired) electrons. The first-order valence-electron chi connectivity index (χ1n) is 9.90. The van der Waals surface area contributed by atoms with Crippen molar-refractivity contribution < 1.29 is 9.90 Å². The molecule has 3 fully saturated rings. The number of carboxylic acids is 1. The molecule has 2 saturated carbocycles. The van der Waals surface area contributed by atoms with Crippen LogP contribution in [-0.2, 0) is 4.79 Å². The summed E-state index contributed by atoms with van der Waals surface area (Å²) in [5.74, 6) is 0.545. The van der Waals surface area contributed by atoms with Crippen LogP contribution in [0.4, 0.5) is 0 Å². The Hall–Kier alpha value is -0.610. The maximum absolute atomic E-state index is 11.2. The number of carboxylic acid groups (broad SMARTS) is 1. The van der Waals surface area contributed by atoms with Gasteiger partial charge in [0, 0.05) is 31.6 Å². The topological polar surface area (TPSA) is 52.6 Å². The van der Waals surface area contributed by atoms with Gasteiger partial charge in [0.2, 0.25) is 0 Å². The zero-order chi connectivity index (χ0) is 16.1. The minimum absolute atomic E-state index is 0.325. The molecule has 4 heteroatoms. The summed E-state index contributed by atoms with van der Waals surface area (Å²) in [4.78, 5) is 13.8. The number of nitrogens with one attached hydrogen (secondary N) is 1. The Morgan fingerprint density at radius 1 is 0.957 bits per heavy atom. The molecule has 3 rings (SSSR count). The highest BCUT2D eigenvalue weighted by molar-refractivity contribution is 5.67. The lowest BCUT2D eigenvalue weighted by atomic mass is 9.87. The first-order valence-corrected chi connectivity index (χ1v) is 9.90. The fourth-order valence-electron chi connectivity index (χ4n) is 5.08. The Kier molecular flexibility index (Phi) is 6.35.